The van der Waals surface area contributed by atoms with Crippen LogP contribution in [-0.4, -0.2) is 41.1 Å². The Morgan fingerprint density at radius 2 is 1.57 bits per heavy atom. The van der Waals surface area contributed by atoms with E-state index in [1.54, 1.807) is 0 Å². The third-order valence-corrected chi connectivity index (χ3v) is 5.63. The zero-order valence-corrected chi connectivity index (χ0v) is 12.6. The van der Waals surface area contributed by atoms with Crippen molar-refractivity contribution in [1.82, 2.24) is 10.2 Å². The maximum Gasteiger partial charge on any atom is 0.317 e. The second kappa shape index (κ2) is 6.24. The number of rotatable bonds is 2. The highest BCUT2D eigenvalue weighted by Gasteiger charge is 2.51. The number of carboxylic acids is 1. The third-order valence-electron chi connectivity index (χ3n) is 5.63. The van der Waals surface area contributed by atoms with Crippen molar-refractivity contribution in [2.24, 2.45) is 17.8 Å². The number of carbonyl (C=O) groups is 2. The zero-order chi connectivity index (χ0) is 14.8. The minimum Gasteiger partial charge on any atom is -0.481 e. The molecule has 3 fully saturated rings. The molecule has 5 heteroatoms. The number of carboxylic acid groups (broad SMARTS) is 1. The molecule has 5 nitrogen and oxygen atoms in total. The topological polar surface area (TPSA) is 69.6 Å². The fraction of sp³-hybridized carbons (Fsp3) is 0.875. The number of fused-ring (bicyclic) bond motifs is 2. The summed E-state index contributed by atoms with van der Waals surface area (Å²) in [6.07, 6.45) is 8.83. The van der Waals surface area contributed by atoms with Crippen LogP contribution in [0.1, 0.15) is 51.4 Å². The molecule has 3 rings (SSSR count). The molecule has 0 aromatic heterocycles. The van der Waals surface area contributed by atoms with Gasteiger partial charge in [0.05, 0.1) is 5.92 Å². The highest BCUT2D eigenvalue weighted by atomic mass is 16.4. The molecule has 0 aromatic rings. The van der Waals surface area contributed by atoms with Gasteiger partial charge in [0.2, 0.25) is 0 Å². The number of nitrogens with one attached hydrogen (secondary N) is 1. The average Bonchev–Trinajstić information content (AvgIpc) is 2.98. The Kier molecular flexibility index (Phi) is 4.36. The Morgan fingerprint density at radius 1 is 0.952 bits per heavy atom. The van der Waals surface area contributed by atoms with E-state index in [0.29, 0.717) is 5.92 Å². The monoisotopic (exact) mass is 294 g/mol. The summed E-state index contributed by atoms with van der Waals surface area (Å²) in [5, 5.41) is 12.5. The van der Waals surface area contributed by atoms with Crippen molar-refractivity contribution in [3.05, 3.63) is 0 Å². The van der Waals surface area contributed by atoms with E-state index in [2.05, 4.69) is 5.32 Å². The quantitative estimate of drug-likeness (QED) is 0.822. The Morgan fingerprint density at radius 3 is 2.24 bits per heavy atom. The average molecular weight is 294 g/mol. The molecule has 2 saturated carbocycles. The van der Waals surface area contributed by atoms with Crippen LogP contribution in [0.25, 0.3) is 0 Å². The molecule has 118 valence electrons. The summed E-state index contributed by atoms with van der Waals surface area (Å²) in [6.45, 7) is 1.62. The van der Waals surface area contributed by atoms with Crippen LogP contribution in [0.15, 0.2) is 0 Å². The predicted octanol–water partition coefficient (Wildman–Crippen LogP) is 2.46. The summed E-state index contributed by atoms with van der Waals surface area (Å²) in [6, 6.07) is -0.195. The van der Waals surface area contributed by atoms with Gasteiger partial charge in [0, 0.05) is 19.1 Å². The lowest BCUT2D eigenvalue weighted by Gasteiger charge is -2.32. The van der Waals surface area contributed by atoms with Crippen molar-refractivity contribution < 1.29 is 14.7 Å². The standard InChI is InChI=1S/C16H26N2O3/c19-15(20)13-11-6-7-12(10-11)14(13)17-16(21)18-8-4-2-1-3-5-9-18/h11-14H,1-10H2,(H,17,21)(H,19,20). The minimum atomic E-state index is -0.736. The van der Waals surface area contributed by atoms with Crippen LogP contribution in [0.5, 0.6) is 0 Å². The largest absolute Gasteiger partial charge is 0.481 e. The SMILES string of the molecule is O=C(O)C1C2CCC(C2)C1NC(=O)N1CCCCCCC1. The molecule has 4 unspecified atom stereocenters. The Balaban J connectivity index is 1.61. The first kappa shape index (κ1) is 14.7. The highest BCUT2D eigenvalue weighted by molar-refractivity contribution is 5.77. The van der Waals surface area contributed by atoms with Gasteiger partial charge in [0.1, 0.15) is 0 Å². The molecule has 1 heterocycles. The summed E-state index contributed by atoms with van der Waals surface area (Å²) in [7, 11) is 0. The maximum atomic E-state index is 12.5. The van der Waals surface area contributed by atoms with Gasteiger partial charge in [-0.3, -0.25) is 4.79 Å². The van der Waals surface area contributed by atoms with E-state index < -0.39 is 5.97 Å². The van der Waals surface area contributed by atoms with Gasteiger partial charge in [0.15, 0.2) is 0 Å². The summed E-state index contributed by atoms with van der Waals surface area (Å²) < 4.78 is 0. The molecule has 1 aliphatic heterocycles. The number of aliphatic carboxylic acids is 1. The molecule has 2 amide bonds. The van der Waals surface area contributed by atoms with E-state index in [1.807, 2.05) is 4.90 Å². The molecule has 2 bridgehead atoms. The van der Waals surface area contributed by atoms with Crippen LogP contribution < -0.4 is 5.32 Å². The van der Waals surface area contributed by atoms with Gasteiger partial charge in [-0.1, -0.05) is 19.3 Å². The number of nitrogens with zero attached hydrogens (tertiary/aromatic N) is 1. The van der Waals surface area contributed by atoms with E-state index in [4.69, 9.17) is 0 Å². The Hall–Kier alpha value is -1.26. The van der Waals surface area contributed by atoms with Crippen molar-refractivity contribution in [3.8, 4) is 0 Å². The van der Waals surface area contributed by atoms with Crippen molar-refractivity contribution in [2.45, 2.75) is 57.4 Å². The Labute approximate surface area is 126 Å². The Bertz CT molecular complexity index is 404. The maximum absolute atomic E-state index is 12.5. The van der Waals surface area contributed by atoms with Gasteiger partial charge in [-0.25, -0.2) is 4.79 Å². The first-order valence-electron chi connectivity index (χ1n) is 8.45. The minimum absolute atomic E-state index is 0.0410. The normalized spacial score (nSPS) is 36.1. The molecule has 2 aliphatic carbocycles. The lowest BCUT2D eigenvalue weighted by molar-refractivity contribution is -0.144. The van der Waals surface area contributed by atoms with Gasteiger partial charge in [0.25, 0.3) is 0 Å². The summed E-state index contributed by atoms with van der Waals surface area (Å²) in [4.78, 5) is 25.9. The molecule has 0 spiro atoms. The van der Waals surface area contributed by atoms with Crippen LogP contribution >= 0.6 is 0 Å². The molecular formula is C16H26N2O3. The molecule has 4 atom stereocenters. The number of likely N-dealkylation sites (tertiary alicyclic amines) is 1. The number of hydrogen-bond acceptors (Lipinski definition) is 2. The zero-order valence-electron chi connectivity index (χ0n) is 12.6. The van der Waals surface area contributed by atoms with Gasteiger partial charge >= 0.3 is 12.0 Å². The lowest BCUT2D eigenvalue weighted by Crippen LogP contribution is -2.52. The summed E-state index contributed by atoms with van der Waals surface area (Å²) >= 11 is 0. The van der Waals surface area contributed by atoms with Gasteiger partial charge in [-0.05, 0) is 43.9 Å². The highest BCUT2D eigenvalue weighted by Crippen LogP contribution is 2.48. The number of carbonyl (C=O) groups excluding carboxylic acids is 1. The molecule has 3 aliphatic rings. The van der Waals surface area contributed by atoms with Crippen LogP contribution in [0.4, 0.5) is 4.79 Å². The molecule has 0 aromatic carbocycles. The van der Waals surface area contributed by atoms with Crippen molar-refractivity contribution in [3.63, 3.8) is 0 Å². The second-order valence-corrected chi connectivity index (χ2v) is 6.93. The van der Waals surface area contributed by atoms with Crippen molar-refractivity contribution in [1.29, 1.82) is 0 Å². The van der Waals surface area contributed by atoms with E-state index in [0.717, 1.165) is 45.2 Å². The van der Waals surface area contributed by atoms with E-state index >= 15 is 0 Å². The molecule has 21 heavy (non-hydrogen) atoms. The second-order valence-electron chi connectivity index (χ2n) is 6.93. The number of urea groups is 1. The predicted molar refractivity (Wildman–Crippen MR) is 78.9 cm³/mol. The number of amides is 2. The lowest BCUT2D eigenvalue weighted by atomic mass is 9.84. The number of hydrogen-bond donors (Lipinski definition) is 2. The smallest absolute Gasteiger partial charge is 0.317 e. The van der Waals surface area contributed by atoms with E-state index in [9.17, 15) is 14.7 Å². The van der Waals surface area contributed by atoms with Crippen molar-refractivity contribution in [2.75, 3.05) is 13.1 Å². The van der Waals surface area contributed by atoms with Crippen LogP contribution in [-0.2, 0) is 4.79 Å². The van der Waals surface area contributed by atoms with E-state index in [1.165, 1.54) is 19.3 Å². The van der Waals surface area contributed by atoms with Crippen LogP contribution in [0.2, 0.25) is 0 Å². The fourth-order valence-corrected chi connectivity index (χ4v) is 4.54. The molecule has 1 saturated heterocycles. The third kappa shape index (κ3) is 3.01. The van der Waals surface area contributed by atoms with Gasteiger partial charge in [-0.15, -0.1) is 0 Å². The van der Waals surface area contributed by atoms with E-state index in [-0.39, 0.29) is 23.9 Å². The molecule has 2 N–H and O–H groups in total. The first-order valence-corrected chi connectivity index (χ1v) is 8.45. The molecule has 0 radical (unpaired) electrons. The summed E-state index contributed by atoms with van der Waals surface area (Å²) in [5.74, 6) is -0.470. The summed E-state index contributed by atoms with van der Waals surface area (Å²) in [5.41, 5.74) is 0. The molecular weight excluding hydrogens is 268 g/mol. The van der Waals surface area contributed by atoms with Crippen LogP contribution in [0.3, 0.4) is 0 Å². The van der Waals surface area contributed by atoms with Gasteiger partial charge < -0.3 is 15.3 Å². The van der Waals surface area contributed by atoms with Crippen LogP contribution in [0, 0.1) is 17.8 Å². The van der Waals surface area contributed by atoms with Crippen molar-refractivity contribution >= 4 is 12.0 Å². The fourth-order valence-electron chi connectivity index (χ4n) is 4.54. The first-order chi connectivity index (χ1) is 10.2. The van der Waals surface area contributed by atoms with Gasteiger partial charge in [-0.2, -0.15) is 0 Å².